The van der Waals surface area contributed by atoms with E-state index in [2.05, 4.69) is 5.32 Å². The number of aromatic nitrogens is 1. The fourth-order valence-corrected chi connectivity index (χ4v) is 4.60. The third-order valence-corrected chi connectivity index (χ3v) is 6.31. The summed E-state index contributed by atoms with van der Waals surface area (Å²) in [4.78, 5) is 12.7. The molecule has 1 unspecified atom stereocenters. The quantitative estimate of drug-likeness (QED) is 0.880. The number of hydrogen-bond acceptors (Lipinski definition) is 4. The SMILES string of the molecule is Cc1ccc(C(C)NC(=O)c2cc(S(=O)(=O)N3CCCC3)cn2C)o1. The van der Waals surface area contributed by atoms with Gasteiger partial charge in [0.25, 0.3) is 5.91 Å². The van der Waals surface area contributed by atoms with Crippen molar-refractivity contribution in [1.29, 1.82) is 0 Å². The zero-order valence-electron chi connectivity index (χ0n) is 14.7. The van der Waals surface area contributed by atoms with Crippen LogP contribution in [0.5, 0.6) is 0 Å². The van der Waals surface area contributed by atoms with Gasteiger partial charge in [0.2, 0.25) is 10.0 Å². The number of nitrogens with zero attached hydrogens (tertiary/aromatic N) is 2. The second-order valence-corrected chi connectivity index (χ2v) is 8.36. The largest absolute Gasteiger partial charge is 0.464 e. The van der Waals surface area contributed by atoms with E-state index in [0.717, 1.165) is 18.6 Å². The molecule has 1 atom stereocenters. The molecule has 0 bridgehead atoms. The molecule has 25 heavy (non-hydrogen) atoms. The average molecular weight is 365 g/mol. The highest BCUT2D eigenvalue weighted by atomic mass is 32.2. The lowest BCUT2D eigenvalue weighted by Crippen LogP contribution is -2.28. The Balaban J connectivity index is 1.78. The van der Waals surface area contributed by atoms with Gasteiger partial charge in [0.15, 0.2) is 0 Å². The highest BCUT2D eigenvalue weighted by molar-refractivity contribution is 7.89. The molecule has 8 heteroatoms. The summed E-state index contributed by atoms with van der Waals surface area (Å²) >= 11 is 0. The molecule has 0 radical (unpaired) electrons. The Labute approximate surface area is 147 Å². The van der Waals surface area contributed by atoms with Crippen molar-refractivity contribution < 1.29 is 17.6 Å². The predicted molar refractivity (Wildman–Crippen MR) is 92.7 cm³/mol. The summed E-state index contributed by atoms with van der Waals surface area (Å²) in [5.41, 5.74) is 0.299. The van der Waals surface area contributed by atoms with Crippen LogP contribution in [0.15, 0.2) is 33.7 Å². The minimum Gasteiger partial charge on any atom is -0.464 e. The van der Waals surface area contributed by atoms with Crippen molar-refractivity contribution in [1.82, 2.24) is 14.2 Å². The molecule has 0 aliphatic carbocycles. The van der Waals surface area contributed by atoms with E-state index in [4.69, 9.17) is 4.42 Å². The Hall–Kier alpha value is -2.06. The van der Waals surface area contributed by atoms with Crippen LogP contribution in [-0.4, -0.2) is 36.3 Å². The van der Waals surface area contributed by atoms with E-state index in [0.29, 0.717) is 24.5 Å². The normalized spacial score (nSPS) is 16.9. The summed E-state index contributed by atoms with van der Waals surface area (Å²) in [7, 11) is -1.87. The Morgan fingerprint density at radius 2 is 1.96 bits per heavy atom. The molecule has 1 aliphatic heterocycles. The maximum atomic E-state index is 12.6. The number of hydrogen-bond donors (Lipinski definition) is 1. The molecule has 3 rings (SSSR count). The molecule has 7 nitrogen and oxygen atoms in total. The average Bonchev–Trinajstić information content (AvgIpc) is 3.26. The van der Waals surface area contributed by atoms with Gasteiger partial charge in [0, 0.05) is 26.3 Å². The molecule has 0 spiro atoms. The van der Waals surface area contributed by atoms with Crippen molar-refractivity contribution in [2.75, 3.05) is 13.1 Å². The van der Waals surface area contributed by atoms with Crippen molar-refractivity contribution in [3.63, 3.8) is 0 Å². The van der Waals surface area contributed by atoms with Crippen LogP contribution in [-0.2, 0) is 17.1 Å². The molecule has 1 amide bonds. The predicted octanol–water partition coefficient (Wildman–Crippen LogP) is 2.20. The molecular weight excluding hydrogens is 342 g/mol. The first-order chi connectivity index (χ1) is 11.8. The molecule has 1 N–H and O–H groups in total. The minimum absolute atomic E-state index is 0.156. The minimum atomic E-state index is -3.54. The van der Waals surface area contributed by atoms with Gasteiger partial charge in [0.1, 0.15) is 22.1 Å². The van der Waals surface area contributed by atoms with E-state index >= 15 is 0 Å². The highest BCUT2D eigenvalue weighted by Gasteiger charge is 2.29. The molecule has 0 aromatic carbocycles. The van der Waals surface area contributed by atoms with Crippen molar-refractivity contribution in [2.45, 2.75) is 37.6 Å². The number of sulfonamides is 1. The van der Waals surface area contributed by atoms with E-state index < -0.39 is 10.0 Å². The van der Waals surface area contributed by atoms with Crippen LogP contribution in [0.25, 0.3) is 0 Å². The van der Waals surface area contributed by atoms with Crippen LogP contribution in [0.4, 0.5) is 0 Å². The topological polar surface area (TPSA) is 84.5 Å². The first kappa shape index (κ1) is 17.8. The maximum Gasteiger partial charge on any atom is 0.268 e. The van der Waals surface area contributed by atoms with Crippen molar-refractivity contribution >= 4 is 15.9 Å². The zero-order chi connectivity index (χ0) is 18.2. The van der Waals surface area contributed by atoms with Crippen LogP contribution in [0, 0.1) is 6.92 Å². The van der Waals surface area contributed by atoms with E-state index in [9.17, 15) is 13.2 Å². The monoisotopic (exact) mass is 365 g/mol. The summed E-state index contributed by atoms with van der Waals surface area (Å²) in [6.45, 7) is 4.73. The standard InChI is InChI=1S/C17H23N3O4S/c1-12-6-7-16(24-12)13(2)18-17(21)15-10-14(11-19(15)3)25(22,23)20-8-4-5-9-20/h6-7,10-11,13H,4-5,8-9H2,1-3H3,(H,18,21). The second kappa shape index (κ2) is 6.68. The van der Waals surface area contributed by atoms with Crippen LogP contribution in [0.3, 0.4) is 0 Å². The van der Waals surface area contributed by atoms with E-state index in [-0.39, 0.29) is 16.8 Å². The van der Waals surface area contributed by atoms with Gasteiger partial charge in [0.05, 0.1) is 6.04 Å². The van der Waals surface area contributed by atoms with Crippen molar-refractivity contribution in [3.05, 3.63) is 41.6 Å². The molecule has 1 aliphatic rings. The first-order valence-electron chi connectivity index (χ1n) is 8.33. The highest BCUT2D eigenvalue weighted by Crippen LogP contribution is 2.23. The van der Waals surface area contributed by atoms with Crippen molar-refractivity contribution in [2.24, 2.45) is 7.05 Å². The van der Waals surface area contributed by atoms with E-state index in [1.165, 1.54) is 16.6 Å². The summed E-state index contributed by atoms with van der Waals surface area (Å²) < 4.78 is 33.8. The number of furan rings is 1. The van der Waals surface area contributed by atoms with Gasteiger partial charge in [-0.15, -0.1) is 0 Å². The summed E-state index contributed by atoms with van der Waals surface area (Å²) in [5.74, 6) is 1.09. The maximum absolute atomic E-state index is 12.6. The van der Waals surface area contributed by atoms with E-state index in [1.807, 2.05) is 26.0 Å². The zero-order valence-corrected chi connectivity index (χ0v) is 15.5. The number of carbonyl (C=O) groups is 1. The Bertz CT molecular complexity index is 876. The summed E-state index contributed by atoms with van der Waals surface area (Å²) in [5, 5.41) is 2.84. The number of amides is 1. The third kappa shape index (κ3) is 3.50. The molecular formula is C17H23N3O4S. The van der Waals surface area contributed by atoms with Crippen LogP contribution in [0.2, 0.25) is 0 Å². The third-order valence-electron chi connectivity index (χ3n) is 4.45. The smallest absolute Gasteiger partial charge is 0.268 e. The van der Waals surface area contributed by atoms with Gasteiger partial charge in [-0.3, -0.25) is 4.79 Å². The molecule has 2 aromatic rings. The van der Waals surface area contributed by atoms with Gasteiger partial charge in [-0.2, -0.15) is 4.31 Å². The molecule has 3 heterocycles. The Morgan fingerprint density at radius 1 is 1.28 bits per heavy atom. The van der Waals surface area contributed by atoms with E-state index in [1.54, 1.807) is 11.6 Å². The molecule has 1 saturated heterocycles. The van der Waals surface area contributed by atoms with Gasteiger partial charge in [-0.25, -0.2) is 8.42 Å². The lowest BCUT2D eigenvalue weighted by molar-refractivity contribution is 0.0927. The lowest BCUT2D eigenvalue weighted by Gasteiger charge is -2.13. The second-order valence-electron chi connectivity index (χ2n) is 6.43. The number of nitrogens with one attached hydrogen (secondary N) is 1. The molecule has 0 saturated carbocycles. The first-order valence-corrected chi connectivity index (χ1v) is 9.77. The van der Waals surface area contributed by atoms with Gasteiger partial charge >= 0.3 is 0 Å². The number of carbonyl (C=O) groups excluding carboxylic acids is 1. The van der Waals surface area contributed by atoms with Crippen LogP contribution in [0.1, 0.15) is 47.8 Å². The number of rotatable bonds is 5. The summed E-state index contributed by atoms with van der Waals surface area (Å²) in [6.07, 6.45) is 3.24. The Kier molecular flexibility index (Phi) is 4.75. The fraction of sp³-hybridized carbons (Fsp3) is 0.471. The molecule has 136 valence electrons. The number of aryl methyl sites for hydroxylation is 2. The van der Waals surface area contributed by atoms with Crippen molar-refractivity contribution in [3.8, 4) is 0 Å². The lowest BCUT2D eigenvalue weighted by atomic mass is 10.2. The van der Waals surface area contributed by atoms with Gasteiger partial charge in [-0.1, -0.05) is 0 Å². The fourth-order valence-electron chi connectivity index (χ4n) is 3.01. The molecule has 1 fully saturated rings. The van der Waals surface area contributed by atoms with Gasteiger partial charge < -0.3 is 14.3 Å². The van der Waals surface area contributed by atoms with Crippen LogP contribution < -0.4 is 5.32 Å². The van der Waals surface area contributed by atoms with Crippen LogP contribution >= 0.6 is 0 Å². The molecule has 2 aromatic heterocycles. The van der Waals surface area contributed by atoms with Gasteiger partial charge in [-0.05, 0) is 44.9 Å². The Morgan fingerprint density at radius 3 is 2.56 bits per heavy atom. The summed E-state index contributed by atoms with van der Waals surface area (Å²) in [6, 6.07) is 4.77.